The third kappa shape index (κ3) is 2.59. The van der Waals surface area contributed by atoms with Gasteiger partial charge in [-0.15, -0.1) is 12.4 Å². The summed E-state index contributed by atoms with van der Waals surface area (Å²) in [6.07, 6.45) is 4.38. The summed E-state index contributed by atoms with van der Waals surface area (Å²) < 4.78 is 38.3. The zero-order chi connectivity index (χ0) is 17.9. The van der Waals surface area contributed by atoms with Crippen LogP contribution >= 0.6 is 12.4 Å². The van der Waals surface area contributed by atoms with Gasteiger partial charge in [-0.2, -0.15) is 0 Å². The first-order valence-electron chi connectivity index (χ1n) is 8.82. The SMILES string of the molecule is CS(=O)(=O)C1(C(=O)N2CC3(CCC3)c3c(F)cccc32)CCNCC1.Cl. The summed E-state index contributed by atoms with van der Waals surface area (Å²) in [5.41, 5.74) is 0.834. The fourth-order valence-corrected chi connectivity index (χ4v) is 6.12. The first-order valence-corrected chi connectivity index (χ1v) is 10.7. The van der Waals surface area contributed by atoms with Crippen molar-refractivity contribution in [2.75, 3.05) is 30.8 Å². The van der Waals surface area contributed by atoms with Crippen molar-refractivity contribution < 1.29 is 17.6 Å². The Kier molecular flexibility index (Phi) is 4.86. The Labute approximate surface area is 159 Å². The first-order chi connectivity index (χ1) is 11.8. The van der Waals surface area contributed by atoms with E-state index in [0.717, 1.165) is 25.5 Å². The molecule has 5 nitrogen and oxygen atoms in total. The topological polar surface area (TPSA) is 66.5 Å². The fraction of sp³-hybridized carbons (Fsp3) is 0.611. The normalized spacial score (nSPS) is 23.1. The molecule has 4 rings (SSSR count). The molecule has 1 amide bonds. The molecule has 1 spiro atoms. The van der Waals surface area contributed by atoms with E-state index in [9.17, 15) is 17.6 Å². The largest absolute Gasteiger partial charge is 0.317 e. The molecule has 26 heavy (non-hydrogen) atoms. The molecular weight excluding hydrogens is 379 g/mol. The Morgan fingerprint density at radius 3 is 2.38 bits per heavy atom. The number of benzene rings is 1. The van der Waals surface area contributed by atoms with Crippen LogP contribution in [-0.2, 0) is 20.0 Å². The molecule has 3 aliphatic rings. The van der Waals surface area contributed by atoms with Crippen LogP contribution in [0.3, 0.4) is 0 Å². The van der Waals surface area contributed by atoms with Crippen molar-refractivity contribution in [3.8, 4) is 0 Å². The van der Waals surface area contributed by atoms with Crippen molar-refractivity contribution in [1.29, 1.82) is 0 Å². The average molecular weight is 403 g/mol. The van der Waals surface area contributed by atoms with E-state index in [1.165, 1.54) is 6.07 Å². The number of carbonyl (C=O) groups excluding carboxylic acids is 1. The van der Waals surface area contributed by atoms with Gasteiger partial charge in [0.25, 0.3) is 0 Å². The minimum Gasteiger partial charge on any atom is -0.317 e. The number of hydrogen-bond acceptors (Lipinski definition) is 4. The maximum absolute atomic E-state index is 14.5. The molecule has 1 saturated carbocycles. The van der Waals surface area contributed by atoms with E-state index in [2.05, 4.69) is 5.32 Å². The lowest BCUT2D eigenvalue weighted by Gasteiger charge is -2.41. The number of piperidine rings is 1. The average Bonchev–Trinajstić information content (AvgIpc) is 2.91. The Morgan fingerprint density at radius 1 is 1.19 bits per heavy atom. The van der Waals surface area contributed by atoms with Crippen LogP contribution in [0.2, 0.25) is 0 Å². The fourth-order valence-electron chi connectivity index (χ4n) is 4.74. The summed E-state index contributed by atoms with van der Waals surface area (Å²) in [6, 6.07) is 4.78. The Morgan fingerprint density at radius 2 is 1.85 bits per heavy atom. The van der Waals surface area contributed by atoms with Crippen LogP contribution in [0.1, 0.15) is 37.7 Å². The molecule has 1 aromatic carbocycles. The van der Waals surface area contributed by atoms with E-state index in [1.54, 1.807) is 17.0 Å². The van der Waals surface area contributed by atoms with E-state index in [-0.39, 0.29) is 42.4 Å². The molecule has 0 atom stereocenters. The Balaban J connectivity index is 0.00000196. The second-order valence-electron chi connectivity index (χ2n) is 7.68. The zero-order valence-electron chi connectivity index (χ0n) is 14.8. The Hall–Kier alpha value is -1.18. The van der Waals surface area contributed by atoms with Gasteiger partial charge in [0.15, 0.2) is 14.6 Å². The van der Waals surface area contributed by atoms with Crippen LogP contribution in [0, 0.1) is 5.82 Å². The number of fused-ring (bicyclic) bond motifs is 2. The summed E-state index contributed by atoms with van der Waals surface area (Å²) in [6.45, 7) is 1.38. The van der Waals surface area contributed by atoms with E-state index < -0.39 is 14.6 Å². The number of nitrogens with one attached hydrogen (secondary N) is 1. The predicted molar refractivity (Wildman–Crippen MR) is 101 cm³/mol. The molecule has 1 N–H and O–H groups in total. The van der Waals surface area contributed by atoms with E-state index >= 15 is 0 Å². The van der Waals surface area contributed by atoms with Crippen LogP contribution in [0.15, 0.2) is 18.2 Å². The predicted octanol–water partition coefficient (Wildman–Crippen LogP) is 2.18. The molecule has 1 aliphatic carbocycles. The number of sulfone groups is 1. The number of halogens is 2. The van der Waals surface area contributed by atoms with Crippen molar-refractivity contribution >= 4 is 33.8 Å². The smallest absolute Gasteiger partial charge is 0.248 e. The summed E-state index contributed by atoms with van der Waals surface area (Å²) in [5, 5.41) is 3.13. The van der Waals surface area contributed by atoms with Gasteiger partial charge in [-0.1, -0.05) is 12.5 Å². The molecule has 1 saturated heterocycles. The standard InChI is InChI=1S/C18H23FN2O3S.ClH/c1-25(23,24)18(8-10-20-11-9-18)16(22)21-12-17(6-3-7-17)15-13(19)4-2-5-14(15)21;/h2,4-5,20H,3,6-12H2,1H3;1H. The molecule has 0 radical (unpaired) electrons. The summed E-state index contributed by atoms with van der Waals surface area (Å²) >= 11 is 0. The van der Waals surface area contributed by atoms with Gasteiger partial charge in [0.2, 0.25) is 5.91 Å². The van der Waals surface area contributed by atoms with Crippen molar-refractivity contribution in [2.45, 2.75) is 42.3 Å². The molecule has 2 fully saturated rings. The number of amides is 1. The number of nitrogens with zero attached hydrogens (tertiary/aromatic N) is 1. The lowest BCUT2D eigenvalue weighted by atomic mass is 9.65. The number of anilines is 1. The minimum absolute atomic E-state index is 0. The zero-order valence-corrected chi connectivity index (χ0v) is 16.4. The molecule has 0 aromatic heterocycles. The van der Waals surface area contributed by atoms with Crippen molar-refractivity contribution in [3.05, 3.63) is 29.6 Å². The Bertz CT molecular complexity index is 833. The van der Waals surface area contributed by atoms with Gasteiger partial charge in [0.05, 0.1) is 5.69 Å². The summed E-state index contributed by atoms with van der Waals surface area (Å²) in [5.74, 6) is -0.668. The molecule has 2 heterocycles. The second-order valence-corrected chi connectivity index (χ2v) is 10.0. The lowest BCUT2D eigenvalue weighted by molar-refractivity contribution is -0.121. The monoisotopic (exact) mass is 402 g/mol. The van der Waals surface area contributed by atoms with E-state index in [1.807, 2.05) is 0 Å². The van der Waals surface area contributed by atoms with Gasteiger partial charge >= 0.3 is 0 Å². The molecular formula is C18H24ClFN2O3S. The minimum atomic E-state index is -3.59. The summed E-state index contributed by atoms with van der Waals surface area (Å²) in [7, 11) is -3.59. The lowest BCUT2D eigenvalue weighted by Crippen LogP contribution is -2.59. The van der Waals surface area contributed by atoms with Gasteiger partial charge in [0.1, 0.15) is 5.82 Å². The van der Waals surface area contributed by atoms with Crippen LogP contribution in [0.25, 0.3) is 0 Å². The third-order valence-corrected chi connectivity index (χ3v) is 8.34. The van der Waals surface area contributed by atoms with Crippen LogP contribution in [-0.4, -0.2) is 45.0 Å². The molecule has 8 heteroatoms. The molecule has 1 aromatic rings. The van der Waals surface area contributed by atoms with Gasteiger partial charge in [-0.3, -0.25) is 4.79 Å². The maximum atomic E-state index is 14.5. The molecule has 0 bridgehead atoms. The van der Waals surface area contributed by atoms with Crippen molar-refractivity contribution in [1.82, 2.24) is 5.32 Å². The van der Waals surface area contributed by atoms with Gasteiger partial charge < -0.3 is 10.2 Å². The number of hydrogen-bond donors (Lipinski definition) is 1. The second kappa shape index (κ2) is 6.46. The molecule has 0 unspecified atom stereocenters. The summed E-state index contributed by atoms with van der Waals surface area (Å²) in [4.78, 5) is 15.0. The van der Waals surface area contributed by atoms with Crippen LogP contribution < -0.4 is 10.2 Å². The van der Waals surface area contributed by atoms with Gasteiger partial charge in [0, 0.05) is 23.8 Å². The first kappa shape index (κ1) is 19.6. The maximum Gasteiger partial charge on any atom is 0.248 e. The van der Waals surface area contributed by atoms with Crippen molar-refractivity contribution in [3.63, 3.8) is 0 Å². The van der Waals surface area contributed by atoms with Gasteiger partial charge in [-0.25, -0.2) is 12.8 Å². The van der Waals surface area contributed by atoms with Crippen molar-refractivity contribution in [2.24, 2.45) is 0 Å². The number of carbonyl (C=O) groups is 1. The van der Waals surface area contributed by atoms with Crippen LogP contribution in [0.4, 0.5) is 10.1 Å². The van der Waals surface area contributed by atoms with E-state index in [0.29, 0.717) is 30.9 Å². The third-order valence-electron chi connectivity index (χ3n) is 6.34. The highest BCUT2D eigenvalue weighted by molar-refractivity contribution is 7.92. The molecule has 144 valence electrons. The number of rotatable bonds is 2. The highest BCUT2D eigenvalue weighted by Gasteiger charge is 2.56. The quantitative estimate of drug-likeness (QED) is 0.823. The van der Waals surface area contributed by atoms with Gasteiger partial charge in [-0.05, 0) is 50.9 Å². The highest BCUT2D eigenvalue weighted by atomic mass is 35.5. The highest BCUT2D eigenvalue weighted by Crippen LogP contribution is 2.54. The molecule has 2 aliphatic heterocycles. The van der Waals surface area contributed by atoms with E-state index in [4.69, 9.17) is 0 Å². The van der Waals surface area contributed by atoms with Crippen LogP contribution in [0.5, 0.6) is 0 Å².